The summed E-state index contributed by atoms with van der Waals surface area (Å²) >= 11 is 0. The molecular weight excluding hydrogens is 108 g/mol. The lowest BCUT2D eigenvalue weighted by molar-refractivity contribution is 0.397. The van der Waals surface area contributed by atoms with Crippen molar-refractivity contribution in [3.63, 3.8) is 0 Å². The molecule has 0 aromatic heterocycles. The summed E-state index contributed by atoms with van der Waals surface area (Å²) in [6, 6.07) is 0. The van der Waals surface area contributed by atoms with Gasteiger partial charge in [0.25, 0.3) is 0 Å². The van der Waals surface area contributed by atoms with E-state index in [0.717, 1.165) is 12.2 Å². The van der Waals surface area contributed by atoms with Gasteiger partial charge in [-0.05, 0) is 0 Å². The highest BCUT2D eigenvalue weighted by atomic mass is 16.3. The first-order chi connectivity index (χ1) is 3.63. The summed E-state index contributed by atoms with van der Waals surface area (Å²) < 4.78 is 0. The van der Waals surface area contributed by atoms with Gasteiger partial charge in [0.1, 0.15) is 0 Å². The van der Waals surface area contributed by atoms with Crippen LogP contribution in [0.15, 0.2) is 23.9 Å². The standard InChI is InChI=1S/C4H8N2O2/c5-3(7)1-2-4(6)8/h1-2,7-8H,5-6H2/b3-1+,4-2+. The van der Waals surface area contributed by atoms with Crippen molar-refractivity contribution in [1.29, 1.82) is 0 Å². The Balaban J connectivity index is 3.76. The lowest BCUT2D eigenvalue weighted by Crippen LogP contribution is -1.96. The maximum atomic E-state index is 8.23. The molecule has 0 aliphatic carbocycles. The molecule has 0 unspecified atom stereocenters. The highest BCUT2D eigenvalue weighted by Gasteiger charge is 1.76. The predicted molar refractivity (Wildman–Crippen MR) is 29.8 cm³/mol. The molecule has 0 saturated carbocycles. The Morgan fingerprint density at radius 1 is 1.00 bits per heavy atom. The zero-order valence-electron chi connectivity index (χ0n) is 4.20. The first-order valence-corrected chi connectivity index (χ1v) is 1.94. The van der Waals surface area contributed by atoms with Crippen LogP contribution in [0.5, 0.6) is 0 Å². The third-order valence-electron chi connectivity index (χ3n) is 0.425. The van der Waals surface area contributed by atoms with Crippen molar-refractivity contribution < 1.29 is 10.2 Å². The van der Waals surface area contributed by atoms with E-state index in [4.69, 9.17) is 21.7 Å². The Morgan fingerprint density at radius 3 is 1.38 bits per heavy atom. The summed E-state index contributed by atoms with van der Waals surface area (Å²) in [7, 11) is 0. The van der Waals surface area contributed by atoms with Crippen molar-refractivity contribution >= 4 is 0 Å². The predicted octanol–water partition coefficient (Wildman–Crippen LogP) is -0.297. The molecule has 6 N–H and O–H groups in total. The van der Waals surface area contributed by atoms with Gasteiger partial charge in [0.15, 0.2) is 11.8 Å². The summed E-state index contributed by atoms with van der Waals surface area (Å²) in [6.07, 6.45) is 2.16. The first kappa shape index (κ1) is 6.68. The smallest absolute Gasteiger partial charge is 0.181 e. The number of hydrogen-bond acceptors (Lipinski definition) is 4. The van der Waals surface area contributed by atoms with Gasteiger partial charge in [-0.25, -0.2) is 0 Å². The Morgan fingerprint density at radius 2 is 1.25 bits per heavy atom. The van der Waals surface area contributed by atoms with E-state index in [2.05, 4.69) is 0 Å². The van der Waals surface area contributed by atoms with Crippen LogP contribution in [-0.2, 0) is 0 Å². The van der Waals surface area contributed by atoms with Gasteiger partial charge >= 0.3 is 0 Å². The average molecular weight is 116 g/mol. The highest BCUT2D eigenvalue weighted by Crippen LogP contribution is 1.79. The van der Waals surface area contributed by atoms with Gasteiger partial charge in [0, 0.05) is 12.2 Å². The molecule has 0 spiro atoms. The third-order valence-corrected chi connectivity index (χ3v) is 0.425. The number of aliphatic hydroxyl groups excluding tert-OH is 2. The maximum Gasteiger partial charge on any atom is 0.181 e. The van der Waals surface area contributed by atoms with Crippen LogP contribution in [0.2, 0.25) is 0 Å². The van der Waals surface area contributed by atoms with E-state index in [-0.39, 0.29) is 11.8 Å². The van der Waals surface area contributed by atoms with Crippen molar-refractivity contribution in [3.8, 4) is 0 Å². The van der Waals surface area contributed by atoms with Crippen LogP contribution in [0, 0.1) is 0 Å². The van der Waals surface area contributed by atoms with Gasteiger partial charge in [-0.15, -0.1) is 0 Å². The topological polar surface area (TPSA) is 92.5 Å². The van der Waals surface area contributed by atoms with Crippen LogP contribution < -0.4 is 11.5 Å². The van der Waals surface area contributed by atoms with E-state index in [1.54, 1.807) is 0 Å². The molecule has 0 amide bonds. The van der Waals surface area contributed by atoms with E-state index >= 15 is 0 Å². The molecule has 0 rings (SSSR count). The third kappa shape index (κ3) is 4.68. The quantitative estimate of drug-likeness (QED) is 0.279. The minimum Gasteiger partial charge on any atom is -0.495 e. The molecule has 8 heavy (non-hydrogen) atoms. The van der Waals surface area contributed by atoms with E-state index < -0.39 is 0 Å². The molecule has 0 aliphatic heterocycles. The van der Waals surface area contributed by atoms with Crippen LogP contribution in [0.4, 0.5) is 0 Å². The van der Waals surface area contributed by atoms with Crippen molar-refractivity contribution in [2.75, 3.05) is 0 Å². The number of nitrogens with two attached hydrogens (primary N) is 2. The maximum absolute atomic E-state index is 8.23. The van der Waals surface area contributed by atoms with Gasteiger partial charge in [-0.1, -0.05) is 0 Å². The monoisotopic (exact) mass is 116 g/mol. The van der Waals surface area contributed by atoms with Crippen molar-refractivity contribution in [2.45, 2.75) is 0 Å². The summed E-state index contributed by atoms with van der Waals surface area (Å²) in [4.78, 5) is 0. The van der Waals surface area contributed by atoms with Gasteiger partial charge in [-0.3, -0.25) is 0 Å². The Labute approximate surface area is 46.7 Å². The molecule has 4 nitrogen and oxygen atoms in total. The van der Waals surface area contributed by atoms with E-state index in [9.17, 15) is 0 Å². The largest absolute Gasteiger partial charge is 0.495 e. The minimum atomic E-state index is -0.387. The second kappa shape index (κ2) is 2.79. The number of hydrogen-bond donors (Lipinski definition) is 4. The second-order valence-electron chi connectivity index (χ2n) is 1.18. The van der Waals surface area contributed by atoms with Crippen molar-refractivity contribution in [1.82, 2.24) is 0 Å². The number of rotatable bonds is 1. The Kier molecular flexibility index (Phi) is 2.33. The highest BCUT2D eigenvalue weighted by molar-refractivity contribution is 5.05. The molecule has 0 aliphatic rings. The minimum absolute atomic E-state index is 0.387. The van der Waals surface area contributed by atoms with Crippen LogP contribution in [0.25, 0.3) is 0 Å². The fourth-order valence-electron chi connectivity index (χ4n) is 0.171. The molecule has 0 atom stereocenters. The van der Waals surface area contributed by atoms with E-state index in [0.29, 0.717) is 0 Å². The lowest BCUT2D eigenvalue weighted by atomic mass is 10.5. The summed E-state index contributed by atoms with van der Waals surface area (Å²) in [5, 5.41) is 16.5. The molecule has 0 aromatic rings. The van der Waals surface area contributed by atoms with Crippen LogP contribution >= 0.6 is 0 Å². The fraction of sp³-hybridized carbons (Fsp3) is 0. The zero-order valence-corrected chi connectivity index (χ0v) is 4.20. The first-order valence-electron chi connectivity index (χ1n) is 1.94. The summed E-state index contributed by atoms with van der Waals surface area (Å²) in [5.74, 6) is -0.774. The Bertz CT molecular complexity index is 104. The number of aliphatic hydroxyl groups is 2. The molecule has 0 saturated heterocycles. The lowest BCUT2D eigenvalue weighted by Gasteiger charge is -1.84. The van der Waals surface area contributed by atoms with Crippen LogP contribution in [0.3, 0.4) is 0 Å². The van der Waals surface area contributed by atoms with E-state index in [1.165, 1.54) is 0 Å². The second-order valence-corrected chi connectivity index (χ2v) is 1.18. The Hall–Kier alpha value is -1.32. The number of allylic oxidation sites excluding steroid dienone is 2. The summed E-state index contributed by atoms with van der Waals surface area (Å²) in [6.45, 7) is 0. The van der Waals surface area contributed by atoms with Crippen LogP contribution in [0.1, 0.15) is 0 Å². The molecule has 46 valence electrons. The summed E-state index contributed by atoms with van der Waals surface area (Å²) in [5.41, 5.74) is 9.49. The van der Waals surface area contributed by atoms with Crippen molar-refractivity contribution in [2.24, 2.45) is 11.5 Å². The van der Waals surface area contributed by atoms with Gasteiger partial charge < -0.3 is 21.7 Å². The van der Waals surface area contributed by atoms with Gasteiger partial charge in [0.2, 0.25) is 0 Å². The fourth-order valence-corrected chi connectivity index (χ4v) is 0.171. The SMILES string of the molecule is N/C(O)=C\C=C(/N)O. The molecule has 0 radical (unpaired) electrons. The molecule has 0 aromatic carbocycles. The van der Waals surface area contributed by atoms with Gasteiger partial charge in [0.05, 0.1) is 0 Å². The van der Waals surface area contributed by atoms with Gasteiger partial charge in [-0.2, -0.15) is 0 Å². The average Bonchev–Trinajstić information content (AvgIpc) is 1.61. The molecule has 0 heterocycles. The zero-order chi connectivity index (χ0) is 6.57. The van der Waals surface area contributed by atoms with Crippen molar-refractivity contribution in [3.05, 3.63) is 23.9 Å². The molecular formula is C4H8N2O2. The van der Waals surface area contributed by atoms with E-state index in [1.807, 2.05) is 0 Å². The molecule has 4 heteroatoms. The normalized spacial score (nSPS) is 14.0. The van der Waals surface area contributed by atoms with Crippen LogP contribution in [-0.4, -0.2) is 10.2 Å². The molecule has 0 fully saturated rings. The molecule has 0 bridgehead atoms.